The van der Waals surface area contributed by atoms with Crippen molar-refractivity contribution in [2.24, 2.45) is 0 Å². The normalized spacial score (nSPS) is 10.7. The first kappa shape index (κ1) is 10.4. The fourth-order valence-electron chi connectivity index (χ4n) is 1.93. The first-order chi connectivity index (χ1) is 8.74. The molecule has 0 aliphatic heterocycles. The molecule has 6 heteroatoms. The number of H-pyrrole nitrogens is 1. The van der Waals surface area contributed by atoms with E-state index in [2.05, 4.69) is 10.1 Å². The van der Waals surface area contributed by atoms with Crippen LogP contribution in [0.2, 0.25) is 0 Å². The van der Waals surface area contributed by atoms with Crippen LogP contribution < -0.4 is 10.3 Å². The average Bonchev–Trinajstić information content (AvgIpc) is 2.82. The highest BCUT2D eigenvalue weighted by Gasteiger charge is 2.10. The lowest BCUT2D eigenvalue weighted by Gasteiger charge is -2.05. The maximum Gasteiger partial charge on any atom is 0.282 e. The number of hydrogen-bond donors (Lipinski definition) is 1. The molecule has 2 aromatic heterocycles. The summed E-state index contributed by atoms with van der Waals surface area (Å²) in [5, 5.41) is 13.2. The molecule has 88 valence electrons. The van der Waals surface area contributed by atoms with Crippen molar-refractivity contribution < 1.29 is 4.74 Å². The molecule has 0 unspecified atom stereocenters. The molecule has 3 rings (SSSR count). The highest BCUT2D eigenvalue weighted by molar-refractivity contribution is 5.85. The van der Waals surface area contributed by atoms with Gasteiger partial charge in [-0.1, -0.05) is 6.07 Å². The third kappa shape index (κ3) is 1.28. The first-order valence-corrected chi connectivity index (χ1v) is 5.23. The Morgan fingerprint density at radius 1 is 1.50 bits per heavy atom. The van der Waals surface area contributed by atoms with Crippen LogP contribution in [0.3, 0.4) is 0 Å². The van der Waals surface area contributed by atoms with Crippen molar-refractivity contribution in [2.75, 3.05) is 7.11 Å². The topological polar surface area (TPSA) is 83.2 Å². The summed E-state index contributed by atoms with van der Waals surface area (Å²) in [5.41, 5.74) is 0.979. The van der Waals surface area contributed by atoms with Crippen LogP contribution in [0.4, 0.5) is 0 Å². The van der Waals surface area contributed by atoms with E-state index in [1.165, 1.54) is 17.7 Å². The molecule has 0 fully saturated rings. The molecule has 0 radical (unpaired) electrons. The summed E-state index contributed by atoms with van der Waals surface area (Å²) in [7, 11) is 1.54. The number of rotatable bonds is 1. The molecule has 0 saturated carbocycles. The number of nitriles is 1. The van der Waals surface area contributed by atoms with E-state index in [0.29, 0.717) is 22.3 Å². The molecule has 2 heterocycles. The zero-order valence-electron chi connectivity index (χ0n) is 9.47. The van der Waals surface area contributed by atoms with Crippen LogP contribution in [0.1, 0.15) is 5.69 Å². The number of aromatic nitrogens is 3. The van der Waals surface area contributed by atoms with Gasteiger partial charge in [-0.2, -0.15) is 14.9 Å². The van der Waals surface area contributed by atoms with Gasteiger partial charge in [-0.15, -0.1) is 0 Å². The van der Waals surface area contributed by atoms with Crippen LogP contribution in [0.5, 0.6) is 5.75 Å². The molecule has 0 aliphatic rings. The van der Waals surface area contributed by atoms with Gasteiger partial charge in [0, 0.05) is 6.07 Å². The predicted molar refractivity (Wildman–Crippen MR) is 64.6 cm³/mol. The number of para-hydroxylation sites is 1. The third-order valence-electron chi connectivity index (χ3n) is 2.75. The number of aromatic amines is 1. The highest BCUT2D eigenvalue weighted by Crippen LogP contribution is 2.21. The Morgan fingerprint density at radius 2 is 2.33 bits per heavy atom. The summed E-state index contributed by atoms with van der Waals surface area (Å²) in [4.78, 5) is 15.2. The van der Waals surface area contributed by atoms with E-state index in [4.69, 9.17) is 10.00 Å². The molecule has 1 N–H and O–H groups in total. The van der Waals surface area contributed by atoms with E-state index in [9.17, 15) is 4.79 Å². The van der Waals surface area contributed by atoms with Crippen molar-refractivity contribution in [3.8, 4) is 11.8 Å². The van der Waals surface area contributed by atoms with Crippen LogP contribution >= 0.6 is 0 Å². The van der Waals surface area contributed by atoms with Crippen molar-refractivity contribution in [1.29, 1.82) is 5.26 Å². The number of benzene rings is 1. The van der Waals surface area contributed by atoms with Gasteiger partial charge in [-0.25, -0.2) is 0 Å². The second-order valence-electron chi connectivity index (χ2n) is 3.75. The molecule has 6 nitrogen and oxygen atoms in total. The van der Waals surface area contributed by atoms with Crippen molar-refractivity contribution in [3.05, 3.63) is 40.3 Å². The van der Waals surface area contributed by atoms with Crippen molar-refractivity contribution in [3.63, 3.8) is 0 Å². The quantitative estimate of drug-likeness (QED) is 0.689. The lowest BCUT2D eigenvalue weighted by Crippen LogP contribution is -2.15. The molecule has 0 atom stereocenters. The number of methoxy groups -OCH3 is 1. The molecule has 1 aromatic carbocycles. The molecule has 0 spiro atoms. The van der Waals surface area contributed by atoms with Crippen molar-refractivity contribution in [1.82, 2.24) is 14.6 Å². The van der Waals surface area contributed by atoms with Gasteiger partial charge in [0.25, 0.3) is 5.56 Å². The van der Waals surface area contributed by atoms with Gasteiger partial charge in [0.15, 0.2) is 5.69 Å². The zero-order chi connectivity index (χ0) is 12.7. The summed E-state index contributed by atoms with van der Waals surface area (Å²) in [6.07, 6.45) is 0. The Balaban J connectivity index is 2.55. The minimum atomic E-state index is -0.279. The summed E-state index contributed by atoms with van der Waals surface area (Å²) in [6.45, 7) is 0. The maximum atomic E-state index is 12.2. The minimum absolute atomic E-state index is 0.192. The van der Waals surface area contributed by atoms with Crippen LogP contribution in [0, 0.1) is 11.3 Å². The van der Waals surface area contributed by atoms with Crippen LogP contribution in [-0.2, 0) is 0 Å². The second kappa shape index (κ2) is 3.60. The van der Waals surface area contributed by atoms with Crippen LogP contribution in [0.25, 0.3) is 16.6 Å². The second-order valence-corrected chi connectivity index (χ2v) is 3.75. The summed E-state index contributed by atoms with van der Waals surface area (Å²) in [6, 6.07) is 8.60. The molecule has 0 amide bonds. The third-order valence-corrected chi connectivity index (χ3v) is 2.75. The highest BCUT2D eigenvalue weighted by atomic mass is 16.5. The first-order valence-electron chi connectivity index (χ1n) is 5.23. The van der Waals surface area contributed by atoms with Gasteiger partial charge in [0.1, 0.15) is 17.5 Å². The van der Waals surface area contributed by atoms with Crippen LogP contribution in [0.15, 0.2) is 29.1 Å². The summed E-state index contributed by atoms with van der Waals surface area (Å²) < 4.78 is 6.38. The van der Waals surface area contributed by atoms with Gasteiger partial charge in [0.2, 0.25) is 0 Å². The van der Waals surface area contributed by atoms with E-state index in [0.717, 1.165) is 0 Å². The summed E-state index contributed by atoms with van der Waals surface area (Å²) >= 11 is 0. The largest absolute Gasteiger partial charge is 0.495 e. The van der Waals surface area contributed by atoms with Gasteiger partial charge in [-0.3, -0.25) is 4.79 Å². The Bertz CT molecular complexity index is 854. The number of hydrogen-bond acceptors (Lipinski definition) is 4. The van der Waals surface area contributed by atoms with Gasteiger partial charge in [-0.05, 0) is 12.1 Å². The molecule has 3 aromatic rings. The van der Waals surface area contributed by atoms with E-state index < -0.39 is 0 Å². The Kier molecular flexibility index (Phi) is 2.07. The van der Waals surface area contributed by atoms with Crippen molar-refractivity contribution >= 4 is 16.6 Å². The fourth-order valence-corrected chi connectivity index (χ4v) is 1.93. The molecule has 18 heavy (non-hydrogen) atoms. The van der Waals surface area contributed by atoms with Gasteiger partial charge >= 0.3 is 0 Å². The predicted octanol–water partition coefficient (Wildman–Crippen LogP) is 1.06. The number of ether oxygens (including phenoxy) is 1. The molecule has 0 aliphatic carbocycles. The van der Waals surface area contributed by atoms with E-state index in [1.807, 2.05) is 6.07 Å². The van der Waals surface area contributed by atoms with Gasteiger partial charge in [0.05, 0.1) is 18.0 Å². The minimum Gasteiger partial charge on any atom is -0.495 e. The summed E-state index contributed by atoms with van der Waals surface area (Å²) in [5.74, 6) is 0.576. The number of fused-ring (bicyclic) bond motifs is 2. The maximum absolute atomic E-state index is 12.2. The van der Waals surface area contributed by atoms with Crippen LogP contribution in [-0.4, -0.2) is 21.7 Å². The number of nitrogens with zero attached hydrogens (tertiary/aromatic N) is 3. The van der Waals surface area contributed by atoms with E-state index in [-0.39, 0.29) is 11.3 Å². The molecular formula is C12H8N4O2. The Labute approximate surface area is 101 Å². The van der Waals surface area contributed by atoms with E-state index >= 15 is 0 Å². The lowest BCUT2D eigenvalue weighted by atomic mass is 10.2. The van der Waals surface area contributed by atoms with Crippen molar-refractivity contribution in [2.45, 2.75) is 0 Å². The number of nitrogens with one attached hydrogen (secondary N) is 1. The molecule has 0 saturated heterocycles. The zero-order valence-corrected chi connectivity index (χ0v) is 9.47. The smallest absolute Gasteiger partial charge is 0.282 e. The monoisotopic (exact) mass is 240 g/mol. The average molecular weight is 240 g/mol. The Morgan fingerprint density at radius 3 is 3.06 bits per heavy atom. The van der Waals surface area contributed by atoms with E-state index in [1.54, 1.807) is 18.2 Å². The standard InChI is InChI=1S/C12H8N4O2/c1-18-9-4-2-3-8-11(9)14-10-5-7(6-13)15-16(10)12(8)17/h2-5,14H,1H3. The van der Waals surface area contributed by atoms with Gasteiger partial charge < -0.3 is 9.72 Å². The SMILES string of the molecule is COc1cccc2c(=O)n3nc(C#N)cc3[nH]c12. The Hall–Kier alpha value is -2.81. The molecular weight excluding hydrogens is 232 g/mol. The lowest BCUT2D eigenvalue weighted by molar-refractivity contribution is 0.419. The fraction of sp³-hybridized carbons (Fsp3) is 0.0833. The molecule has 0 bridgehead atoms.